The van der Waals surface area contributed by atoms with Crippen LogP contribution in [0.2, 0.25) is 0 Å². The number of hydrogen-bond acceptors (Lipinski definition) is 1. The fraction of sp³-hybridized carbons (Fsp3) is 0.667. The lowest BCUT2D eigenvalue weighted by Crippen LogP contribution is -1.79. The number of rotatable bonds is 9. The maximum atomic E-state index is 8.38. The highest BCUT2D eigenvalue weighted by atomic mass is 16.2. The molecule has 0 fully saturated rings. The minimum atomic E-state index is 1.02. The quantitative estimate of drug-likeness (QED) is 0.319. The molecular weight excluding hydrogens is 160 g/mol. The second-order valence-corrected chi connectivity index (χ2v) is 3.37. The van der Waals surface area contributed by atoms with Crippen LogP contribution in [0.1, 0.15) is 51.4 Å². The fourth-order valence-electron chi connectivity index (χ4n) is 1.33. The van der Waals surface area contributed by atoms with Gasteiger partial charge in [0.2, 0.25) is 0 Å². The number of aliphatic hydroxyl groups is 1. The zero-order valence-corrected chi connectivity index (χ0v) is 8.54. The van der Waals surface area contributed by atoms with Crippen molar-refractivity contribution in [2.75, 3.05) is 0 Å². The van der Waals surface area contributed by atoms with Crippen LogP contribution >= 0.6 is 0 Å². The van der Waals surface area contributed by atoms with Gasteiger partial charge in [-0.2, -0.15) is 0 Å². The van der Waals surface area contributed by atoms with Crippen molar-refractivity contribution in [3.63, 3.8) is 0 Å². The van der Waals surface area contributed by atoms with Crippen molar-refractivity contribution in [2.45, 2.75) is 51.4 Å². The molecule has 0 unspecified atom stereocenters. The van der Waals surface area contributed by atoms with Gasteiger partial charge in [0, 0.05) is 0 Å². The normalized spacial score (nSPS) is 10.8. The van der Waals surface area contributed by atoms with Gasteiger partial charge in [0.05, 0.1) is 6.26 Å². The Kier molecular flexibility index (Phi) is 10.7. The maximum absolute atomic E-state index is 8.38. The molecule has 0 spiro atoms. The van der Waals surface area contributed by atoms with E-state index in [-0.39, 0.29) is 0 Å². The number of unbranched alkanes of at least 4 members (excludes halogenated alkanes) is 7. The molecule has 0 aliphatic carbocycles. The molecule has 0 aromatic heterocycles. The summed E-state index contributed by atoms with van der Waals surface area (Å²) in [5, 5.41) is 8.38. The van der Waals surface area contributed by atoms with Crippen LogP contribution in [0, 0.1) is 0 Å². The van der Waals surface area contributed by atoms with Gasteiger partial charge in [0.25, 0.3) is 0 Å². The molecule has 0 heterocycles. The lowest BCUT2D eigenvalue weighted by atomic mass is 10.1. The van der Waals surface area contributed by atoms with Crippen LogP contribution in [0.3, 0.4) is 0 Å². The standard InChI is InChI=1S/C12H22O/c1-2-3-4-5-6-7-8-9-10-11-12-13/h2,11-13H,1,3-10H2. The van der Waals surface area contributed by atoms with Crippen molar-refractivity contribution in [1.82, 2.24) is 0 Å². The first-order valence-corrected chi connectivity index (χ1v) is 5.32. The third kappa shape index (κ3) is 11.3. The molecule has 0 saturated heterocycles. The molecule has 1 nitrogen and oxygen atoms in total. The largest absolute Gasteiger partial charge is 0.516 e. The summed E-state index contributed by atoms with van der Waals surface area (Å²) in [5.74, 6) is 0. The summed E-state index contributed by atoms with van der Waals surface area (Å²) < 4.78 is 0. The van der Waals surface area contributed by atoms with E-state index in [0.29, 0.717) is 0 Å². The van der Waals surface area contributed by atoms with Crippen LogP contribution in [0.15, 0.2) is 25.0 Å². The van der Waals surface area contributed by atoms with Crippen LogP contribution < -0.4 is 0 Å². The number of hydrogen-bond donors (Lipinski definition) is 1. The maximum Gasteiger partial charge on any atom is 0.0751 e. The molecule has 0 amide bonds. The second-order valence-electron chi connectivity index (χ2n) is 3.37. The smallest absolute Gasteiger partial charge is 0.0751 e. The van der Waals surface area contributed by atoms with E-state index in [0.717, 1.165) is 19.1 Å². The Hall–Kier alpha value is -0.720. The monoisotopic (exact) mass is 182 g/mol. The Morgan fingerprint density at radius 3 is 1.92 bits per heavy atom. The molecule has 76 valence electrons. The van der Waals surface area contributed by atoms with Gasteiger partial charge in [-0.1, -0.05) is 37.8 Å². The first-order valence-electron chi connectivity index (χ1n) is 5.32. The molecule has 0 rings (SSSR count). The Morgan fingerprint density at radius 2 is 1.38 bits per heavy atom. The van der Waals surface area contributed by atoms with E-state index in [1.165, 1.54) is 38.5 Å². The minimum absolute atomic E-state index is 1.02. The summed E-state index contributed by atoms with van der Waals surface area (Å²) in [5.41, 5.74) is 0. The van der Waals surface area contributed by atoms with E-state index in [1.54, 1.807) is 0 Å². The molecule has 0 atom stereocenters. The molecule has 0 saturated carbocycles. The molecule has 1 heteroatoms. The Balaban J connectivity index is 2.87. The molecule has 0 aliphatic rings. The summed E-state index contributed by atoms with van der Waals surface area (Å²) in [6.07, 6.45) is 14.9. The molecule has 0 aliphatic heterocycles. The fourth-order valence-corrected chi connectivity index (χ4v) is 1.33. The van der Waals surface area contributed by atoms with Crippen molar-refractivity contribution in [2.24, 2.45) is 0 Å². The highest BCUT2D eigenvalue weighted by molar-refractivity contribution is 4.70. The average molecular weight is 182 g/mol. The van der Waals surface area contributed by atoms with Gasteiger partial charge in [-0.3, -0.25) is 0 Å². The first-order chi connectivity index (χ1) is 6.41. The summed E-state index contributed by atoms with van der Waals surface area (Å²) in [4.78, 5) is 0. The van der Waals surface area contributed by atoms with E-state index in [4.69, 9.17) is 5.11 Å². The van der Waals surface area contributed by atoms with E-state index in [2.05, 4.69) is 6.58 Å². The van der Waals surface area contributed by atoms with Gasteiger partial charge in [0.15, 0.2) is 0 Å². The van der Waals surface area contributed by atoms with Gasteiger partial charge in [-0.25, -0.2) is 0 Å². The molecule has 13 heavy (non-hydrogen) atoms. The molecule has 0 bridgehead atoms. The lowest BCUT2D eigenvalue weighted by Gasteiger charge is -1.98. The van der Waals surface area contributed by atoms with Gasteiger partial charge in [-0.15, -0.1) is 6.58 Å². The van der Waals surface area contributed by atoms with Crippen LogP contribution in [-0.4, -0.2) is 5.11 Å². The molecule has 0 aromatic carbocycles. The summed E-state index contributed by atoms with van der Waals surface area (Å²) in [7, 11) is 0. The van der Waals surface area contributed by atoms with Crippen LogP contribution in [0.25, 0.3) is 0 Å². The summed E-state index contributed by atoms with van der Waals surface area (Å²) in [6.45, 7) is 3.70. The van der Waals surface area contributed by atoms with Crippen molar-refractivity contribution in [3.05, 3.63) is 25.0 Å². The van der Waals surface area contributed by atoms with Crippen molar-refractivity contribution in [3.8, 4) is 0 Å². The van der Waals surface area contributed by atoms with Gasteiger partial charge in [0.1, 0.15) is 0 Å². The molecular formula is C12H22O. The van der Waals surface area contributed by atoms with Crippen LogP contribution in [-0.2, 0) is 0 Å². The zero-order chi connectivity index (χ0) is 9.78. The van der Waals surface area contributed by atoms with Gasteiger partial charge < -0.3 is 5.11 Å². The summed E-state index contributed by atoms with van der Waals surface area (Å²) in [6, 6.07) is 0. The average Bonchev–Trinajstić information content (AvgIpc) is 2.16. The Morgan fingerprint density at radius 1 is 0.846 bits per heavy atom. The highest BCUT2D eigenvalue weighted by Crippen LogP contribution is 2.08. The SMILES string of the molecule is C=CCCCCCCCCC=CO. The number of allylic oxidation sites excluding steroid dienone is 2. The van der Waals surface area contributed by atoms with E-state index in [9.17, 15) is 0 Å². The van der Waals surface area contributed by atoms with E-state index >= 15 is 0 Å². The predicted octanol–water partition coefficient (Wildman–Crippen LogP) is 4.36. The Labute approximate surface area is 82.2 Å². The molecule has 0 aromatic rings. The van der Waals surface area contributed by atoms with E-state index < -0.39 is 0 Å². The first kappa shape index (κ1) is 12.3. The minimum Gasteiger partial charge on any atom is -0.516 e. The van der Waals surface area contributed by atoms with Crippen molar-refractivity contribution < 1.29 is 5.11 Å². The van der Waals surface area contributed by atoms with Crippen LogP contribution in [0.4, 0.5) is 0 Å². The third-order valence-corrected chi connectivity index (χ3v) is 2.13. The molecule has 1 N–H and O–H groups in total. The third-order valence-electron chi connectivity index (χ3n) is 2.13. The number of aliphatic hydroxyl groups excluding tert-OH is 1. The second kappa shape index (κ2) is 11.3. The zero-order valence-electron chi connectivity index (χ0n) is 8.54. The lowest BCUT2D eigenvalue weighted by molar-refractivity contribution is 0.469. The van der Waals surface area contributed by atoms with Gasteiger partial charge >= 0.3 is 0 Å². The van der Waals surface area contributed by atoms with Gasteiger partial charge in [-0.05, 0) is 25.7 Å². The van der Waals surface area contributed by atoms with Crippen molar-refractivity contribution >= 4 is 0 Å². The Bertz CT molecular complexity index is 127. The highest BCUT2D eigenvalue weighted by Gasteiger charge is 1.89. The van der Waals surface area contributed by atoms with Crippen LogP contribution in [0.5, 0.6) is 0 Å². The topological polar surface area (TPSA) is 20.2 Å². The predicted molar refractivity (Wildman–Crippen MR) is 58.9 cm³/mol. The summed E-state index contributed by atoms with van der Waals surface area (Å²) >= 11 is 0. The van der Waals surface area contributed by atoms with Crippen molar-refractivity contribution in [1.29, 1.82) is 0 Å². The molecule has 0 radical (unpaired) electrons. The van der Waals surface area contributed by atoms with E-state index in [1.807, 2.05) is 12.2 Å².